The molecule has 3 rings (SSSR count). The summed E-state index contributed by atoms with van der Waals surface area (Å²) < 4.78 is 15.5. The Morgan fingerprint density at radius 3 is 2.69 bits per heavy atom. The van der Waals surface area contributed by atoms with Gasteiger partial charge in [0.15, 0.2) is 12.2 Å². The number of ether oxygens (including phenoxy) is 2. The summed E-state index contributed by atoms with van der Waals surface area (Å²) >= 11 is 0. The zero-order chi connectivity index (χ0) is 22.8. The first kappa shape index (κ1) is 22.2. The zero-order valence-corrected chi connectivity index (χ0v) is 17.3. The second-order valence-corrected chi connectivity index (χ2v) is 6.46. The van der Waals surface area contributed by atoms with E-state index in [0.29, 0.717) is 28.4 Å². The molecule has 0 aliphatic heterocycles. The van der Waals surface area contributed by atoms with Crippen LogP contribution in [0.15, 0.2) is 59.5 Å². The summed E-state index contributed by atoms with van der Waals surface area (Å²) in [5, 5.41) is 16.5. The minimum absolute atomic E-state index is 0.0360. The maximum absolute atomic E-state index is 12.4. The Labute approximate surface area is 184 Å². The molecule has 10 nitrogen and oxygen atoms in total. The molecule has 0 spiro atoms. The molecule has 1 aromatic heterocycles. The number of nitrogens with zero attached hydrogens (tertiary/aromatic N) is 2. The van der Waals surface area contributed by atoms with Crippen LogP contribution in [0.25, 0.3) is 11.3 Å². The Morgan fingerprint density at radius 2 is 1.97 bits per heavy atom. The molecule has 3 N–H and O–H groups in total. The van der Waals surface area contributed by atoms with Crippen LogP contribution in [0.5, 0.6) is 5.75 Å². The molecular weight excluding hydrogens is 414 g/mol. The number of hydrogen-bond donors (Lipinski definition) is 3. The van der Waals surface area contributed by atoms with Crippen LogP contribution in [0, 0.1) is 11.3 Å². The maximum Gasteiger partial charge on any atom is 0.407 e. The number of rotatable bonds is 8. The molecule has 0 saturated heterocycles. The highest BCUT2D eigenvalue weighted by molar-refractivity contribution is 6.00. The van der Waals surface area contributed by atoms with Gasteiger partial charge < -0.3 is 29.8 Å². The monoisotopic (exact) mass is 435 g/mol. The number of nitrogens with one attached hydrogen (secondary N) is 3. The molecule has 164 valence electrons. The zero-order valence-electron chi connectivity index (χ0n) is 17.3. The third-order valence-corrected chi connectivity index (χ3v) is 4.23. The van der Waals surface area contributed by atoms with Crippen molar-refractivity contribution < 1.29 is 23.5 Å². The minimum Gasteiger partial charge on any atom is -0.496 e. The fourth-order valence-corrected chi connectivity index (χ4v) is 2.79. The van der Waals surface area contributed by atoms with Gasteiger partial charge in [0.25, 0.3) is 0 Å². The number of oxazole rings is 1. The lowest BCUT2D eigenvalue weighted by atomic mass is 10.1. The standard InChI is InChI=1S/C22H21N5O5/c1-30-19-11-17(6-7-18(19)20-13-24-14-32-20)27-21(28)26-16-5-2-4-15(10-16)12-25-22(29)31-9-3-8-23/h2,4-7,10-11,13-14H,3,9,12H2,1H3,(H,25,29)(H2,26,27,28). The Hall–Kier alpha value is -4.52. The van der Waals surface area contributed by atoms with Gasteiger partial charge in [0.1, 0.15) is 12.4 Å². The molecule has 1 heterocycles. The van der Waals surface area contributed by atoms with Crippen molar-refractivity contribution in [1.29, 1.82) is 5.26 Å². The highest BCUT2D eigenvalue weighted by Crippen LogP contribution is 2.32. The van der Waals surface area contributed by atoms with Crippen LogP contribution in [0.1, 0.15) is 12.0 Å². The first-order valence-electron chi connectivity index (χ1n) is 9.60. The summed E-state index contributed by atoms with van der Waals surface area (Å²) in [6, 6.07) is 13.6. The summed E-state index contributed by atoms with van der Waals surface area (Å²) in [6.45, 7) is 0.247. The number of benzene rings is 2. The Balaban J connectivity index is 1.56. The average molecular weight is 435 g/mol. The molecule has 0 fully saturated rings. The third-order valence-electron chi connectivity index (χ3n) is 4.23. The minimum atomic E-state index is -0.612. The summed E-state index contributed by atoms with van der Waals surface area (Å²) in [7, 11) is 1.53. The number of methoxy groups -OCH3 is 1. The summed E-state index contributed by atoms with van der Waals surface area (Å²) in [5.74, 6) is 1.08. The number of alkyl carbamates (subject to hydrolysis) is 1. The molecule has 10 heteroatoms. The Kier molecular flexibility index (Phi) is 7.64. The van der Waals surface area contributed by atoms with Crippen molar-refractivity contribution in [2.24, 2.45) is 0 Å². The topological polar surface area (TPSA) is 139 Å². The smallest absolute Gasteiger partial charge is 0.407 e. The molecule has 0 saturated carbocycles. The van der Waals surface area contributed by atoms with Gasteiger partial charge in [-0.05, 0) is 29.8 Å². The van der Waals surface area contributed by atoms with E-state index in [1.807, 2.05) is 6.07 Å². The number of carbonyl (C=O) groups is 2. The van der Waals surface area contributed by atoms with Crippen LogP contribution < -0.4 is 20.7 Å². The van der Waals surface area contributed by atoms with E-state index in [1.54, 1.807) is 48.7 Å². The van der Waals surface area contributed by atoms with Crippen molar-refractivity contribution in [2.45, 2.75) is 13.0 Å². The molecule has 0 unspecified atom stereocenters. The number of amides is 3. The quantitative estimate of drug-likeness (QED) is 0.452. The van der Waals surface area contributed by atoms with E-state index in [1.165, 1.54) is 13.5 Å². The van der Waals surface area contributed by atoms with Gasteiger partial charge in [0.05, 0.1) is 31.4 Å². The fourth-order valence-electron chi connectivity index (χ4n) is 2.79. The number of hydrogen-bond acceptors (Lipinski definition) is 7. The van der Waals surface area contributed by atoms with Gasteiger partial charge in [-0.25, -0.2) is 14.6 Å². The Bertz CT molecular complexity index is 1110. The van der Waals surface area contributed by atoms with Gasteiger partial charge >= 0.3 is 12.1 Å². The fraction of sp³-hybridized carbons (Fsp3) is 0.182. The lowest BCUT2D eigenvalue weighted by Gasteiger charge is -2.12. The normalized spacial score (nSPS) is 10.0. The van der Waals surface area contributed by atoms with E-state index in [4.69, 9.17) is 19.2 Å². The number of nitriles is 1. The number of anilines is 2. The maximum atomic E-state index is 12.4. The van der Waals surface area contributed by atoms with Crippen molar-refractivity contribution in [3.8, 4) is 23.1 Å². The van der Waals surface area contributed by atoms with Gasteiger partial charge in [-0.15, -0.1) is 0 Å². The molecule has 32 heavy (non-hydrogen) atoms. The summed E-state index contributed by atoms with van der Waals surface area (Å²) in [6.07, 6.45) is 2.43. The van der Waals surface area contributed by atoms with Crippen LogP contribution >= 0.6 is 0 Å². The van der Waals surface area contributed by atoms with E-state index in [9.17, 15) is 9.59 Å². The molecule has 0 atom stereocenters. The van der Waals surface area contributed by atoms with E-state index in [2.05, 4.69) is 20.9 Å². The predicted octanol–water partition coefficient (Wildman–Crippen LogP) is 4.13. The van der Waals surface area contributed by atoms with Gasteiger partial charge in [0.2, 0.25) is 0 Å². The summed E-state index contributed by atoms with van der Waals surface area (Å²) in [5.41, 5.74) is 2.55. The Morgan fingerprint density at radius 1 is 1.16 bits per heavy atom. The number of urea groups is 1. The van der Waals surface area contributed by atoms with E-state index in [-0.39, 0.29) is 19.6 Å². The molecule has 3 aromatic rings. The van der Waals surface area contributed by atoms with Gasteiger partial charge in [-0.3, -0.25) is 0 Å². The number of carbonyl (C=O) groups excluding carboxylic acids is 2. The third kappa shape index (κ3) is 6.24. The second-order valence-electron chi connectivity index (χ2n) is 6.46. The van der Waals surface area contributed by atoms with Crippen LogP contribution in [0.3, 0.4) is 0 Å². The van der Waals surface area contributed by atoms with Gasteiger partial charge in [0, 0.05) is 24.0 Å². The lowest BCUT2D eigenvalue weighted by molar-refractivity contribution is 0.148. The first-order valence-corrected chi connectivity index (χ1v) is 9.60. The molecule has 3 amide bonds. The largest absolute Gasteiger partial charge is 0.496 e. The molecule has 0 aliphatic carbocycles. The molecule has 0 aliphatic rings. The second kappa shape index (κ2) is 11.0. The number of aromatic nitrogens is 1. The van der Waals surface area contributed by atoms with Crippen molar-refractivity contribution >= 4 is 23.5 Å². The lowest BCUT2D eigenvalue weighted by Crippen LogP contribution is -2.24. The average Bonchev–Trinajstić information content (AvgIpc) is 3.32. The predicted molar refractivity (Wildman–Crippen MR) is 116 cm³/mol. The molecule has 0 radical (unpaired) electrons. The van der Waals surface area contributed by atoms with Crippen molar-refractivity contribution in [2.75, 3.05) is 24.4 Å². The van der Waals surface area contributed by atoms with Crippen LogP contribution in [-0.4, -0.2) is 30.8 Å². The highest BCUT2D eigenvalue weighted by Gasteiger charge is 2.11. The van der Waals surface area contributed by atoms with Gasteiger partial charge in [-0.2, -0.15) is 5.26 Å². The van der Waals surface area contributed by atoms with Crippen molar-refractivity contribution in [1.82, 2.24) is 10.3 Å². The summed E-state index contributed by atoms with van der Waals surface area (Å²) in [4.78, 5) is 27.9. The molecular formula is C22H21N5O5. The highest BCUT2D eigenvalue weighted by atomic mass is 16.5. The van der Waals surface area contributed by atoms with E-state index < -0.39 is 12.1 Å². The molecule has 0 bridgehead atoms. The van der Waals surface area contributed by atoms with E-state index in [0.717, 1.165) is 5.56 Å². The SMILES string of the molecule is COc1cc(NC(=O)Nc2cccc(CNC(=O)OCCC#N)c2)ccc1-c1cnco1. The van der Waals surface area contributed by atoms with Crippen LogP contribution in [0.4, 0.5) is 21.0 Å². The first-order chi connectivity index (χ1) is 15.6. The van der Waals surface area contributed by atoms with Crippen LogP contribution in [-0.2, 0) is 11.3 Å². The van der Waals surface area contributed by atoms with Crippen molar-refractivity contribution in [3.63, 3.8) is 0 Å². The van der Waals surface area contributed by atoms with E-state index >= 15 is 0 Å². The van der Waals surface area contributed by atoms with Gasteiger partial charge in [-0.1, -0.05) is 12.1 Å². The van der Waals surface area contributed by atoms with Crippen LogP contribution in [0.2, 0.25) is 0 Å². The molecule has 2 aromatic carbocycles. The van der Waals surface area contributed by atoms with Crippen molar-refractivity contribution in [3.05, 3.63) is 60.6 Å².